The van der Waals surface area contributed by atoms with Crippen LogP contribution in [0.2, 0.25) is 10.0 Å². The van der Waals surface area contributed by atoms with Gasteiger partial charge in [-0.25, -0.2) is 9.59 Å². The molecule has 15 heteroatoms. The fraction of sp³-hybridized carbons (Fsp3) is 0.271. The van der Waals surface area contributed by atoms with Crippen LogP contribution >= 0.6 is 23.2 Å². The van der Waals surface area contributed by atoms with Gasteiger partial charge in [-0.3, -0.25) is 14.5 Å². The number of aliphatic carboxylic acids is 1. The third-order valence-corrected chi connectivity index (χ3v) is 12.3. The van der Waals surface area contributed by atoms with Crippen LogP contribution in [0.1, 0.15) is 65.2 Å². The van der Waals surface area contributed by atoms with Gasteiger partial charge in [0.2, 0.25) is 12.0 Å². The summed E-state index contributed by atoms with van der Waals surface area (Å²) >= 11 is 12.2. The number of carboxylic acid groups (broad SMARTS) is 1. The number of carbonyl (C=O) groups excluding carboxylic acids is 3. The number of hydrogen-bond acceptors (Lipinski definition) is 9. The summed E-state index contributed by atoms with van der Waals surface area (Å²) in [6.07, 6.45) is -0.806. The molecule has 3 aliphatic rings. The largest absolute Gasteiger partial charge is 0.489 e. The summed E-state index contributed by atoms with van der Waals surface area (Å²) in [5.74, 6) is -1.41. The van der Waals surface area contributed by atoms with Gasteiger partial charge in [0.25, 0.3) is 5.91 Å². The van der Waals surface area contributed by atoms with Crippen molar-refractivity contribution >= 4 is 52.8 Å². The number of carboxylic acids is 1. The number of nitrogens with one attached hydrogen (secondary N) is 2. The van der Waals surface area contributed by atoms with Crippen molar-refractivity contribution in [2.45, 2.75) is 82.1 Å². The summed E-state index contributed by atoms with van der Waals surface area (Å²) in [6.45, 7) is 0.194. The van der Waals surface area contributed by atoms with Crippen LogP contribution in [0.5, 0.6) is 11.5 Å². The molecule has 1 aliphatic carbocycles. The van der Waals surface area contributed by atoms with Gasteiger partial charge in [0.1, 0.15) is 36.3 Å². The highest BCUT2D eigenvalue weighted by Gasteiger charge is 2.40. The first-order valence-electron chi connectivity index (χ1n) is 20.5. The first kappa shape index (κ1) is 43.1. The molecule has 2 heterocycles. The van der Waals surface area contributed by atoms with Crippen LogP contribution in [0.3, 0.4) is 0 Å². The molecule has 0 radical (unpaired) electrons. The predicted molar refractivity (Wildman–Crippen MR) is 233 cm³/mol. The maximum absolute atomic E-state index is 14.2. The molecule has 0 spiro atoms. The highest BCUT2D eigenvalue weighted by atomic mass is 35.5. The molecule has 5 aromatic carbocycles. The van der Waals surface area contributed by atoms with E-state index in [1.807, 2.05) is 30.3 Å². The number of fused-ring (bicyclic) bond motifs is 2. The molecule has 0 saturated heterocycles. The fourth-order valence-electron chi connectivity index (χ4n) is 8.02. The van der Waals surface area contributed by atoms with Gasteiger partial charge in [0, 0.05) is 18.4 Å². The number of carbonyl (C=O) groups is 4. The second kappa shape index (κ2) is 18.8. The molecule has 0 aromatic heterocycles. The van der Waals surface area contributed by atoms with E-state index in [2.05, 4.69) is 16.7 Å². The van der Waals surface area contributed by atoms with Crippen molar-refractivity contribution in [1.29, 1.82) is 5.26 Å². The van der Waals surface area contributed by atoms with Gasteiger partial charge in [-0.2, -0.15) is 5.26 Å². The first-order valence-corrected chi connectivity index (χ1v) is 21.2. The SMILES string of the molecule is N#Cc1ccc(-c2ccc(C[C@H](NC(=O)C3Cc4cc5c(cc4CN3C(=O)OC3CCC(O)CC3)OC(c3ccc(OCc4ccc(Cl)c(Cl)c4)cc3)C(=O)N5)C(=O)O)cc2)cc1. The van der Waals surface area contributed by atoms with Crippen molar-refractivity contribution in [3.8, 4) is 28.7 Å². The lowest BCUT2D eigenvalue weighted by Gasteiger charge is -2.38. The van der Waals surface area contributed by atoms with E-state index >= 15 is 0 Å². The van der Waals surface area contributed by atoms with E-state index in [0.29, 0.717) is 80.7 Å². The Labute approximate surface area is 373 Å². The number of nitriles is 1. The van der Waals surface area contributed by atoms with Gasteiger partial charge in [-0.15, -0.1) is 0 Å². The standard InChI is InChI=1S/C48H42Cl2N4O9/c49-38-18-5-29(19-39(38)50)26-61-36-14-10-32(11-15-36)44-46(57)52-40-21-33-22-42(54(25-34(33)23-43(40)63-44)48(60)62-37-16-12-35(55)13-17-37)45(56)53-41(47(58)59)20-27-1-6-30(7-2-27)31-8-3-28(24-51)4-9-31/h1-11,14-15,18-19,21,23,35,37,41-42,44,55H,12-13,16-17,20,22,25-26H2,(H,52,57)(H,53,56)(H,58,59)/t35?,37?,41-,42?,44?/m0/s1. The molecule has 2 unspecified atom stereocenters. The monoisotopic (exact) mass is 888 g/mol. The van der Waals surface area contributed by atoms with Crippen LogP contribution in [0.15, 0.2) is 103 Å². The normalized spacial score (nSPS) is 19.5. The highest BCUT2D eigenvalue weighted by molar-refractivity contribution is 6.42. The molecular formula is C48H42Cl2N4O9. The van der Waals surface area contributed by atoms with Crippen molar-refractivity contribution in [1.82, 2.24) is 10.2 Å². The minimum Gasteiger partial charge on any atom is -0.489 e. The Balaban J connectivity index is 0.983. The van der Waals surface area contributed by atoms with Gasteiger partial charge in [0.15, 0.2) is 0 Å². The fourth-order valence-corrected chi connectivity index (χ4v) is 8.34. The maximum Gasteiger partial charge on any atom is 0.411 e. The third kappa shape index (κ3) is 10.1. The summed E-state index contributed by atoms with van der Waals surface area (Å²) in [4.78, 5) is 55.4. The summed E-state index contributed by atoms with van der Waals surface area (Å²) in [5, 5.41) is 35.9. The van der Waals surface area contributed by atoms with E-state index in [-0.39, 0.29) is 26.0 Å². The summed E-state index contributed by atoms with van der Waals surface area (Å²) in [7, 11) is 0. The Bertz CT molecular complexity index is 2570. The Morgan fingerprint density at radius 2 is 1.56 bits per heavy atom. The number of aliphatic hydroxyl groups excluding tert-OH is 1. The number of anilines is 1. The van der Waals surface area contributed by atoms with Gasteiger partial charge < -0.3 is 35.1 Å². The van der Waals surface area contributed by atoms with E-state index < -0.39 is 54.3 Å². The average molecular weight is 890 g/mol. The lowest BCUT2D eigenvalue weighted by atomic mass is 9.91. The van der Waals surface area contributed by atoms with Crippen molar-refractivity contribution in [2.75, 3.05) is 5.32 Å². The zero-order valence-electron chi connectivity index (χ0n) is 33.8. The smallest absolute Gasteiger partial charge is 0.411 e. The first-order chi connectivity index (χ1) is 30.4. The highest BCUT2D eigenvalue weighted by Crippen LogP contribution is 2.40. The van der Waals surface area contributed by atoms with Gasteiger partial charge in [-0.05, 0) is 108 Å². The number of benzene rings is 5. The summed E-state index contributed by atoms with van der Waals surface area (Å²) < 4.78 is 18.1. The van der Waals surface area contributed by atoms with Crippen molar-refractivity contribution in [3.05, 3.63) is 147 Å². The average Bonchev–Trinajstić information content (AvgIpc) is 3.29. The minimum absolute atomic E-state index is 0.00153. The maximum atomic E-state index is 14.2. The van der Waals surface area contributed by atoms with E-state index in [9.17, 15) is 29.4 Å². The second-order valence-corrected chi connectivity index (χ2v) is 16.7. The minimum atomic E-state index is -1.33. The topological polar surface area (TPSA) is 188 Å². The van der Waals surface area contributed by atoms with Crippen molar-refractivity contribution in [3.63, 3.8) is 0 Å². The van der Waals surface area contributed by atoms with E-state index in [0.717, 1.165) is 16.7 Å². The van der Waals surface area contributed by atoms with Crippen molar-refractivity contribution < 1.29 is 43.6 Å². The molecule has 4 N–H and O–H groups in total. The molecule has 63 heavy (non-hydrogen) atoms. The molecule has 8 rings (SSSR count). The van der Waals surface area contributed by atoms with Gasteiger partial charge in [0.05, 0.1) is 40.0 Å². The molecule has 1 saturated carbocycles. The number of aliphatic hydroxyl groups is 1. The van der Waals surface area contributed by atoms with Crippen LogP contribution in [0, 0.1) is 11.3 Å². The van der Waals surface area contributed by atoms with E-state index in [1.165, 1.54) is 4.90 Å². The Morgan fingerprint density at radius 1 is 0.873 bits per heavy atom. The summed E-state index contributed by atoms with van der Waals surface area (Å²) in [5.41, 5.74) is 6.08. The third-order valence-electron chi connectivity index (χ3n) is 11.5. The Morgan fingerprint density at radius 3 is 2.22 bits per heavy atom. The Kier molecular flexibility index (Phi) is 12.9. The van der Waals surface area contributed by atoms with Crippen LogP contribution < -0.4 is 20.1 Å². The molecule has 5 aromatic rings. The number of ether oxygens (including phenoxy) is 3. The summed E-state index contributed by atoms with van der Waals surface area (Å²) in [6, 6.07) is 29.6. The molecule has 322 valence electrons. The zero-order chi connectivity index (χ0) is 44.2. The number of rotatable bonds is 11. The number of halogens is 2. The molecule has 1 fully saturated rings. The van der Waals surface area contributed by atoms with Crippen molar-refractivity contribution in [2.24, 2.45) is 0 Å². The lowest BCUT2D eigenvalue weighted by Crippen LogP contribution is -2.56. The zero-order valence-corrected chi connectivity index (χ0v) is 35.3. The Hall–Kier alpha value is -6.59. The van der Waals surface area contributed by atoms with Crippen LogP contribution in [-0.2, 0) is 45.1 Å². The quantitative estimate of drug-likeness (QED) is 0.101. The number of nitrogens with zero attached hydrogens (tertiary/aromatic N) is 2. The lowest BCUT2D eigenvalue weighted by molar-refractivity contribution is -0.142. The molecule has 2 aliphatic heterocycles. The number of hydrogen-bond donors (Lipinski definition) is 4. The van der Waals surface area contributed by atoms with Gasteiger partial charge in [-0.1, -0.05) is 77.8 Å². The number of amides is 3. The second-order valence-electron chi connectivity index (χ2n) is 15.9. The van der Waals surface area contributed by atoms with E-state index in [1.54, 1.807) is 72.8 Å². The van der Waals surface area contributed by atoms with Gasteiger partial charge >= 0.3 is 12.1 Å². The molecule has 13 nitrogen and oxygen atoms in total. The van der Waals surface area contributed by atoms with Crippen LogP contribution in [0.25, 0.3) is 11.1 Å². The molecule has 3 amide bonds. The molecule has 3 atom stereocenters. The van der Waals surface area contributed by atoms with Crippen LogP contribution in [-0.4, -0.2) is 63.3 Å². The molecular weight excluding hydrogens is 847 g/mol. The molecule has 0 bridgehead atoms. The van der Waals surface area contributed by atoms with E-state index in [4.69, 9.17) is 42.7 Å². The predicted octanol–water partition coefficient (Wildman–Crippen LogP) is 8.16. The van der Waals surface area contributed by atoms with Crippen LogP contribution in [0.4, 0.5) is 10.5 Å².